The summed E-state index contributed by atoms with van der Waals surface area (Å²) in [4.78, 5) is 69.8. The first-order valence-electron chi connectivity index (χ1n) is 13.3. The number of benzene rings is 1. The zero-order valence-corrected chi connectivity index (χ0v) is 24.3. The molecule has 2 aromatic rings. The van der Waals surface area contributed by atoms with Gasteiger partial charge in [-0.05, 0) is 18.9 Å². The van der Waals surface area contributed by atoms with Gasteiger partial charge in [0.2, 0.25) is 5.75 Å². The second-order valence-electron chi connectivity index (χ2n) is 10.1. The van der Waals surface area contributed by atoms with E-state index in [1.807, 2.05) is 18.2 Å². The van der Waals surface area contributed by atoms with Crippen LogP contribution in [0.25, 0.3) is 0 Å². The number of nitrogens with one attached hydrogen (secondary N) is 1. The third kappa shape index (κ3) is 7.95. The van der Waals surface area contributed by atoms with Crippen molar-refractivity contribution in [1.82, 2.24) is 15.2 Å². The summed E-state index contributed by atoms with van der Waals surface area (Å²) in [6.45, 7) is 4.19. The molecule has 1 aliphatic rings. The average Bonchev–Trinajstić information content (AvgIpc) is 2.99. The summed E-state index contributed by atoms with van der Waals surface area (Å²) < 4.78 is 27.2. The van der Waals surface area contributed by atoms with Crippen LogP contribution in [0.15, 0.2) is 42.6 Å². The number of cyclic esters (lactones) is 2. The van der Waals surface area contributed by atoms with E-state index in [0.717, 1.165) is 10.5 Å². The van der Waals surface area contributed by atoms with Crippen molar-refractivity contribution in [3.05, 3.63) is 53.9 Å². The van der Waals surface area contributed by atoms with Gasteiger partial charge in [-0.1, -0.05) is 44.2 Å². The molecule has 1 N–H and O–H groups in total. The van der Waals surface area contributed by atoms with Gasteiger partial charge in [-0.3, -0.25) is 14.4 Å². The lowest BCUT2D eigenvalue weighted by atomic mass is 9.91. The molecule has 0 aliphatic carbocycles. The number of hydrogen-bond donors (Lipinski definition) is 1. The molecule has 4 atom stereocenters. The maximum Gasteiger partial charge on any atom is 0.414 e. The standard InChI is InChI=1S/C29H35N3O10/c1-16(2)26(34)41-23-17(3)40-28(36)20(15-39-27(35)19(23)14-18-10-8-7-9-11-18)31-25(33)22-24(42-29(37)32(4)5)21(38-6)12-13-30-22/h7-13,16-17,19-20,23H,14-15H2,1-6H3,(H,31,33)/t17-,19+,20?,23?/m0/s1. The Balaban J connectivity index is 1.90. The van der Waals surface area contributed by atoms with Crippen molar-refractivity contribution in [3.63, 3.8) is 0 Å². The van der Waals surface area contributed by atoms with Crippen LogP contribution in [-0.2, 0) is 35.0 Å². The van der Waals surface area contributed by atoms with Gasteiger partial charge in [0.1, 0.15) is 18.6 Å². The molecule has 1 fully saturated rings. The zero-order valence-electron chi connectivity index (χ0n) is 24.3. The fourth-order valence-electron chi connectivity index (χ4n) is 4.01. The lowest BCUT2D eigenvalue weighted by Crippen LogP contribution is -2.47. The van der Waals surface area contributed by atoms with Crippen molar-refractivity contribution in [2.45, 2.75) is 45.4 Å². The Morgan fingerprint density at radius 3 is 2.40 bits per heavy atom. The van der Waals surface area contributed by atoms with Crippen molar-refractivity contribution in [2.75, 3.05) is 27.8 Å². The number of pyridine rings is 1. The molecule has 42 heavy (non-hydrogen) atoms. The smallest absolute Gasteiger partial charge is 0.414 e. The van der Waals surface area contributed by atoms with Crippen LogP contribution in [0.5, 0.6) is 11.5 Å². The van der Waals surface area contributed by atoms with Crippen molar-refractivity contribution in [3.8, 4) is 11.5 Å². The third-order valence-corrected chi connectivity index (χ3v) is 6.33. The highest BCUT2D eigenvalue weighted by atomic mass is 16.6. The number of esters is 3. The number of carbonyl (C=O) groups is 5. The van der Waals surface area contributed by atoms with Crippen molar-refractivity contribution < 1.29 is 47.7 Å². The highest BCUT2D eigenvalue weighted by Crippen LogP contribution is 2.30. The number of rotatable bonds is 8. The van der Waals surface area contributed by atoms with Crippen LogP contribution in [0.2, 0.25) is 0 Å². The third-order valence-electron chi connectivity index (χ3n) is 6.33. The first-order valence-corrected chi connectivity index (χ1v) is 13.3. The van der Waals surface area contributed by atoms with Crippen molar-refractivity contribution >= 4 is 29.9 Å². The summed E-state index contributed by atoms with van der Waals surface area (Å²) in [7, 11) is 4.21. The SMILES string of the molecule is COc1ccnc(C(=O)NC2COC(=O)[C@H](Cc3ccccc3)C(OC(=O)C(C)C)[C@H](C)OC2=O)c1OC(=O)N(C)C. The summed E-state index contributed by atoms with van der Waals surface area (Å²) in [5.74, 6) is -4.95. The van der Waals surface area contributed by atoms with Crippen LogP contribution in [0, 0.1) is 11.8 Å². The lowest BCUT2D eigenvalue weighted by molar-refractivity contribution is -0.176. The fraction of sp³-hybridized carbons (Fsp3) is 0.448. The Morgan fingerprint density at radius 2 is 1.79 bits per heavy atom. The first kappa shape index (κ1) is 31.8. The van der Waals surface area contributed by atoms with E-state index in [1.165, 1.54) is 40.4 Å². The first-order chi connectivity index (χ1) is 19.9. The maximum absolute atomic E-state index is 13.4. The summed E-state index contributed by atoms with van der Waals surface area (Å²) in [6.07, 6.45) is -1.64. The molecule has 1 aromatic heterocycles. The normalized spacial score (nSPS) is 20.6. The van der Waals surface area contributed by atoms with E-state index in [9.17, 15) is 24.0 Å². The van der Waals surface area contributed by atoms with E-state index in [1.54, 1.807) is 26.0 Å². The van der Waals surface area contributed by atoms with E-state index in [0.29, 0.717) is 0 Å². The van der Waals surface area contributed by atoms with E-state index in [2.05, 4.69) is 10.3 Å². The molecule has 1 aliphatic heterocycles. The Bertz CT molecular complexity index is 1300. The summed E-state index contributed by atoms with van der Waals surface area (Å²) >= 11 is 0. The highest BCUT2D eigenvalue weighted by molar-refractivity contribution is 5.99. The Morgan fingerprint density at radius 1 is 1.10 bits per heavy atom. The Hall–Kier alpha value is -4.68. The highest BCUT2D eigenvalue weighted by Gasteiger charge is 2.42. The molecule has 0 spiro atoms. The minimum Gasteiger partial charge on any atom is -0.493 e. The van der Waals surface area contributed by atoms with Gasteiger partial charge in [0, 0.05) is 26.4 Å². The van der Waals surface area contributed by atoms with Crippen LogP contribution in [-0.4, -0.2) is 85.9 Å². The monoisotopic (exact) mass is 585 g/mol. The van der Waals surface area contributed by atoms with Crippen molar-refractivity contribution in [1.29, 1.82) is 0 Å². The molecule has 13 heteroatoms. The summed E-state index contributed by atoms with van der Waals surface area (Å²) in [5.41, 5.74) is 0.416. The number of aromatic nitrogens is 1. The molecule has 3 rings (SSSR count). The van der Waals surface area contributed by atoms with E-state index < -0.39 is 66.6 Å². The molecule has 2 unspecified atom stereocenters. The van der Waals surface area contributed by atoms with Crippen LogP contribution < -0.4 is 14.8 Å². The van der Waals surface area contributed by atoms with Gasteiger partial charge in [-0.2, -0.15) is 0 Å². The number of methoxy groups -OCH3 is 1. The number of ether oxygens (including phenoxy) is 5. The van der Waals surface area contributed by atoms with Gasteiger partial charge in [-0.15, -0.1) is 0 Å². The molecule has 13 nitrogen and oxygen atoms in total. The van der Waals surface area contributed by atoms with Gasteiger partial charge in [0.05, 0.1) is 13.0 Å². The molecule has 0 radical (unpaired) electrons. The fourth-order valence-corrected chi connectivity index (χ4v) is 4.01. The molecule has 226 valence electrons. The molecular formula is C29H35N3O10. The minimum atomic E-state index is -1.47. The Kier molecular flexibility index (Phi) is 10.8. The minimum absolute atomic E-state index is 0.0426. The average molecular weight is 586 g/mol. The van der Waals surface area contributed by atoms with Gasteiger partial charge in [0.15, 0.2) is 23.6 Å². The quantitative estimate of drug-likeness (QED) is 0.357. The van der Waals surface area contributed by atoms with E-state index >= 15 is 0 Å². The Labute approximate surface area is 243 Å². The van der Waals surface area contributed by atoms with Crippen LogP contribution >= 0.6 is 0 Å². The number of amides is 2. The largest absolute Gasteiger partial charge is 0.493 e. The van der Waals surface area contributed by atoms with E-state index in [-0.39, 0.29) is 23.6 Å². The summed E-state index contributed by atoms with van der Waals surface area (Å²) in [6, 6.07) is 8.96. The molecule has 1 saturated heterocycles. The second-order valence-corrected chi connectivity index (χ2v) is 10.1. The van der Waals surface area contributed by atoms with Crippen LogP contribution in [0.4, 0.5) is 4.79 Å². The van der Waals surface area contributed by atoms with Crippen LogP contribution in [0.1, 0.15) is 36.8 Å². The van der Waals surface area contributed by atoms with Crippen LogP contribution in [0.3, 0.4) is 0 Å². The molecule has 1 aromatic carbocycles. The number of hydrogen-bond acceptors (Lipinski definition) is 11. The molecular weight excluding hydrogens is 550 g/mol. The van der Waals surface area contributed by atoms with Crippen molar-refractivity contribution in [2.24, 2.45) is 11.8 Å². The number of nitrogens with zero attached hydrogens (tertiary/aromatic N) is 2. The van der Waals surface area contributed by atoms with E-state index in [4.69, 9.17) is 23.7 Å². The number of carbonyl (C=O) groups excluding carboxylic acids is 5. The lowest BCUT2D eigenvalue weighted by Gasteiger charge is -2.29. The van der Waals surface area contributed by atoms with Gasteiger partial charge in [0.25, 0.3) is 5.91 Å². The molecule has 0 bridgehead atoms. The summed E-state index contributed by atoms with van der Waals surface area (Å²) in [5, 5.41) is 2.43. The zero-order chi connectivity index (χ0) is 31.0. The molecule has 2 amide bonds. The van der Waals surface area contributed by atoms with Gasteiger partial charge in [-0.25, -0.2) is 14.6 Å². The predicted molar refractivity (Wildman–Crippen MR) is 147 cm³/mol. The predicted octanol–water partition coefficient (Wildman–Crippen LogP) is 2.16. The topological polar surface area (TPSA) is 160 Å². The molecule has 2 heterocycles. The maximum atomic E-state index is 13.4. The second kappa shape index (κ2) is 14.3. The molecule has 0 saturated carbocycles. The van der Waals surface area contributed by atoms with Gasteiger partial charge >= 0.3 is 24.0 Å². The van der Waals surface area contributed by atoms with Gasteiger partial charge < -0.3 is 33.9 Å².